The number of carbonyl (C=O) groups is 1. The van der Waals surface area contributed by atoms with Crippen LogP contribution in [0.4, 0.5) is 17.8 Å². The van der Waals surface area contributed by atoms with Gasteiger partial charge in [-0.05, 0) is 24.1 Å². The second-order valence-electron chi connectivity index (χ2n) is 8.20. The van der Waals surface area contributed by atoms with Gasteiger partial charge in [0.25, 0.3) is 5.91 Å². The minimum Gasteiger partial charge on any atom is -0.377 e. The number of carbonyl (C=O) groups excluding carboxylic acids is 1. The lowest BCUT2D eigenvalue weighted by Crippen LogP contribution is -2.27. The summed E-state index contributed by atoms with van der Waals surface area (Å²) in [7, 11) is 0. The predicted molar refractivity (Wildman–Crippen MR) is 146 cm³/mol. The fourth-order valence-corrected chi connectivity index (χ4v) is 3.25. The third-order valence-corrected chi connectivity index (χ3v) is 5.21. The molecule has 0 spiro atoms. The fourth-order valence-electron chi connectivity index (χ4n) is 3.25. The maximum Gasteiger partial charge on any atom is 0.251 e. The molecule has 2 aromatic carbocycles. The molecule has 1 aromatic heterocycles. The van der Waals surface area contributed by atoms with Crippen LogP contribution in [0.2, 0.25) is 0 Å². The summed E-state index contributed by atoms with van der Waals surface area (Å²) in [5.74, 6) is 1.43. The van der Waals surface area contributed by atoms with Crippen LogP contribution < -0.4 is 21.3 Å². The van der Waals surface area contributed by atoms with Gasteiger partial charge in [0.15, 0.2) is 0 Å². The number of unbranched alkanes of at least 4 members (excludes halogenated alkanes) is 1. The van der Waals surface area contributed by atoms with Gasteiger partial charge >= 0.3 is 0 Å². The molecule has 0 aliphatic heterocycles. The number of hydrogen-bond acceptors (Lipinski definition) is 9. The lowest BCUT2D eigenvalue weighted by Gasteiger charge is -2.12. The van der Waals surface area contributed by atoms with Gasteiger partial charge in [0.1, 0.15) is 0 Å². The zero-order valence-electron chi connectivity index (χ0n) is 21.4. The Balaban J connectivity index is 1.32. The van der Waals surface area contributed by atoms with Gasteiger partial charge in [0.05, 0.1) is 26.4 Å². The molecule has 0 aliphatic rings. The van der Waals surface area contributed by atoms with E-state index in [1.807, 2.05) is 36.4 Å². The van der Waals surface area contributed by atoms with Crippen LogP contribution in [-0.2, 0) is 16.0 Å². The third-order valence-electron chi connectivity index (χ3n) is 5.21. The van der Waals surface area contributed by atoms with Crippen molar-refractivity contribution in [3.05, 3.63) is 71.8 Å². The van der Waals surface area contributed by atoms with Gasteiger partial charge in [0.2, 0.25) is 17.8 Å². The molecule has 4 N–H and O–H groups in total. The molecular weight excluding hydrogens is 470 g/mol. The highest BCUT2D eigenvalue weighted by atomic mass is 16.5. The molecular formula is C27H37N7O3. The van der Waals surface area contributed by atoms with Gasteiger partial charge in [-0.2, -0.15) is 15.0 Å². The molecule has 0 fully saturated rings. The molecule has 0 radical (unpaired) electrons. The SMILES string of the molecule is CCCCNc1nc(NCCOCCOCCNC(=O)c2ccccc2)nc(NCc2ccccc2)n1. The van der Waals surface area contributed by atoms with Crippen LogP contribution in [0, 0.1) is 0 Å². The summed E-state index contributed by atoms with van der Waals surface area (Å²) in [4.78, 5) is 25.4. The van der Waals surface area contributed by atoms with Crippen LogP contribution >= 0.6 is 0 Å². The molecule has 0 bridgehead atoms. The van der Waals surface area contributed by atoms with Gasteiger partial charge in [-0.15, -0.1) is 0 Å². The molecule has 3 rings (SSSR count). The summed E-state index contributed by atoms with van der Waals surface area (Å²) < 4.78 is 11.1. The maximum absolute atomic E-state index is 12.0. The van der Waals surface area contributed by atoms with Gasteiger partial charge in [-0.25, -0.2) is 0 Å². The van der Waals surface area contributed by atoms with Crippen LogP contribution in [-0.4, -0.2) is 66.9 Å². The fraction of sp³-hybridized carbons (Fsp3) is 0.407. The molecule has 0 unspecified atom stereocenters. The van der Waals surface area contributed by atoms with E-state index >= 15 is 0 Å². The van der Waals surface area contributed by atoms with E-state index in [1.165, 1.54) is 0 Å². The predicted octanol–water partition coefficient (Wildman–Crippen LogP) is 3.57. The average molecular weight is 508 g/mol. The summed E-state index contributed by atoms with van der Waals surface area (Å²) in [5.41, 5.74) is 1.78. The Labute approximate surface area is 218 Å². The van der Waals surface area contributed by atoms with E-state index in [4.69, 9.17) is 9.47 Å². The van der Waals surface area contributed by atoms with E-state index in [-0.39, 0.29) is 5.91 Å². The third kappa shape index (κ3) is 11.2. The van der Waals surface area contributed by atoms with Gasteiger partial charge in [-0.3, -0.25) is 4.79 Å². The number of rotatable bonds is 18. The lowest BCUT2D eigenvalue weighted by molar-refractivity contribution is 0.0519. The number of nitrogens with one attached hydrogen (secondary N) is 4. The Morgan fingerprint density at radius 3 is 1.92 bits per heavy atom. The van der Waals surface area contributed by atoms with Crippen LogP contribution in [0.3, 0.4) is 0 Å². The van der Waals surface area contributed by atoms with Crippen molar-refractivity contribution in [3.63, 3.8) is 0 Å². The number of benzene rings is 2. The molecule has 0 saturated carbocycles. The number of hydrogen-bond donors (Lipinski definition) is 4. The van der Waals surface area contributed by atoms with Gasteiger partial charge in [0, 0.05) is 31.7 Å². The highest BCUT2D eigenvalue weighted by Gasteiger charge is 2.07. The Morgan fingerprint density at radius 1 is 0.703 bits per heavy atom. The maximum atomic E-state index is 12.0. The van der Waals surface area contributed by atoms with Crippen molar-refractivity contribution in [1.82, 2.24) is 20.3 Å². The second kappa shape index (κ2) is 16.8. The normalized spacial score (nSPS) is 10.6. The van der Waals surface area contributed by atoms with Crippen molar-refractivity contribution in [3.8, 4) is 0 Å². The first-order valence-electron chi connectivity index (χ1n) is 12.7. The highest BCUT2D eigenvalue weighted by Crippen LogP contribution is 2.11. The van der Waals surface area contributed by atoms with E-state index in [2.05, 4.69) is 55.3 Å². The summed E-state index contributed by atoms with van der Waals surface area (Å²) >= 11 is 0. The average Bonchev–Trinajstić information content (AvgIpc) is 2.94. The summed E-state index contributed by atoms with van der Waals surface area (Å²) in [6.07, 6.45) is 2.13. The molecule has 37 heavy (non-hydrogen) atoms. The first-order chi connectivity index (χ1) is 18.2. The van der Waals surface area contributed by atoms with Crippen LogP contribution in [0.5, 0.6) is 0 Å². The minimum atomic E-state index is -0.105. The number of aromatic nitrogens is 3. The molecule has 0 aliphatic carbocycles. The first-order valence-corrected chi connectivity index (χ1v) is 12.7. The lowest BCUT2D eigenvalue weighted by atomic mass is 10.2. The quantitative estimate of drug-likeness (QED) is 0.191. The molecule has 10 nitrogen and oxygen atoms in total. The number of ether oxygens (including phenoxy) is 2. The minimum absolute atomic E-state index is 0.105. The zero-order valence-corrected chi connectivity index (χ0v) is 21.4. The van der Waals surface area contributed by atoms with Crippen molar-refractivity contribution >= 4 is 23.8 Å². The van der Waals surface area contributed by atoms with Gasteiger partial charge < -0.3 is 30.7 Å². The molecule has 0 atom stereocenters. The summed E-state index contributed by atoms with van der Waals surface area (Å²) in [6, 6.07) is 19.2. The van der Waals surface area contributed by atoms with Gasteiger partial charge in [-0.1, -0.05) is 61.9 Å². The Bertz CT molecular complexity index is 1040. The monoisotopic (exact) mass is 507 g/mol. The number of nitrogens with zero attached hydrogens (tertiary/aromatic N) is 3. The molecule has 3 aromatic rings. The second-order valence-corrected chi connectivity index (χ2v) is 8.20. The standard InChI is InChI=1S/C27H37N7O3/c1-2-3-14-29-25-32-26(34-27(33-25)31-21-22-10-6-4-7-11-22)30-16-18-37-20-19-36-17-15-28-24(35)23-12-8-5-9-13-23/h4-13H,2-3,14-21H2,1H3,(H,28,35)(H3,29,30,31,32,33,34). The molecule has 1 heterocycles. The van der Waals surface area contributed by atoms with Crippen LogP contribution in [0.1, 0.15) is 35.7 Å². The summed E-state index contributed by atoms with van der Waals surface area (Å²) in [6.45, 7) is 6.38. The topological polar surface area (TPSA) is 122 Å². The number of amides is 1. The number of anilines is 3. The van der Waals surface area contributed by atoms with E-state index in [0.29, 0.717) is 69.5 Å². The van der Waals surface area contributed by atoms with E-state index in [9.17, 15) is 4.79 Å². The van der Waals surface area contributed by atoms with Crippen molar-refractivity contribution in [2.75, 3.05) is 62.0 Å². The van der Waals surface area contributed by atoms with E-state index < -0.39 is 0 Å². The largest absolute Gasteiger partial charge is 0.377 e. The van der Waals surface area contributed by atoms with Crippen molar-refractivity contribution in [2.24, 2.45) is 0 Å². The van der Waals surface area contributed by atoms with E-state index in [1.54, 1.807) is 12.1 Å². The Morgan fingerprint density at radius 2 is 1.27 bits per heavy atom. The van der Waals surface area contributed by atoms with Crippen molar-refractivity contribution in [1.29, 1.82) is 0 Å². The smallest absolute Gasteiger partial charge is 0.251 e. The highest BCUT2D eigenvalue weighted by molar-refractivity contribution is 5.94. The molecule has 0 saturated heterocycles. The van der Waals surface area contributed by atoms with Crippen LogP contribution in [0.15, 0.2) is 60.7 Å². The van der Waals surface area contributed by atoms with E-state index in [0.717, 1.165) is 24.9 Å². The zero-order chi connectivity index (χ0) is 26.0. The Kier molecular flexibility index (Phi) is 12.7. The Hall–Kier alpha value is -3.76. The molecule has 1 amide bonds. The molecule has 10 heteroatoms. The first kappa shape index (κ1) is 27.8. The van der Waals surface area contributed by atoms with Crippen molar-refractivity contribution < 1.29 is 14.3 Å². The summed E-state index contributed by atoms with van der Waals surface area (Å²) in [5, 5.41) is 12.6. The molecule has 198 valence electrons. The van der Waals surface area contributed by atoms with Crippen molar-refractivity contribution in [2.45, 2.75) is 26.3 Å². The van der Waals surface area contributed by atoms with Crippen LogP contribution in [0.25, 0.3) is 0 Å².